The van der Waals surface area contributed by atoms with Gasteiger partial charge >= 0.3 is 0 Å². The minimum absolute atomic E-state index is 0.00556. The lowest BCUT2D eigenvalue weighted by atomic mass is 10.1. The molecule has 0 unspecified atom stereocenters. The van der Waals surface area contributed by atoms with Gasteiger partial charge in [-0.05, 0) is 43.8 Å². The Kier molecular flexibility index (Phi) is 6.89. The van der Waals surface area contributed by atoms with Crippen molar-refractivity contribution >= 4 is 34.1 Å². The highest BCUT2D eigenvalue weighted by atomic mass is 19.3. The van der Waals surface area contributed by atoms with E-state index in [1.54, 1.807) is 31.3 Å². The number of ether oxygens (including phenoxy) is 1. The summed E-state index contributed by atoms with van der Waals surface area (Å²) in [6.07, 6.45) is 2.88. The maximum atomic E-state index is 15.3. The van der Waals surface area contributed by atoms with Crippen molar-refractivity contribution in [2.24, 2.45) is 0 Å². The molecule has 2 saturated heterocycles. The molecule has 4 aromatic rings. The van der Waals surface area contributed by atoms with Crippen LogP contribution in [0.2, 0.25) is 0 Å². The van der Waals surface area contributed by atoms with Gasteiger partial charge in [-0.1, -0.05) is 6.92 Å². The van der Waals surface area contributed by atoms with Crippen LogP contribution in [0.5, 0.6) is 11.6 Å². The van der Waals surface area contributed by atoms with Gasteiger partial charge in [-0.25, -0.2) is 28.1 Å². The number of likely N-dealkylation sites (N-methyl/N-ethyl adjacent to an activating group) is 1. The average Bonchev–Trinajstić information content (AvgIpc) is 3.35. The predicted octanol–water partition coefficient (Wildman–Crippen LogP) is 4.57. The number of carbonyl (C=O) groups excluding carboxylic acids is 1. The maximum Gasteiger partial charge on any atom is 0.282 e. The average molecular weight is 567 g/mol. The molecular formula is C28H29F3N8O2. The summed E-state index contributed by atoms with van der Waals surface area (Å²) in [4.78, 5) is 34.8. The van der Waals surface area contributed by atoms with E-state index in [0.29, 0.717) is 16.7 Å². The molecule has 0 atom stereocenters. The minimum Gasteiger partial charge on any atom is -0.435 e. The number of nitrogens with one attached hydrogen (secondary N) is 2. The molecule has 10 nitrogen and oxygen atoms in total. The van der Waals surface area contributed by atoms with Crippen LogP contribution in [0.3, 0.4) is 0 Å². The van der Waals surface area contributed by atoms with Crippen LogP contribution in [0.25, 0.3) is 10.9 Å². The Balaban J connectivity index is 1.29. The number of H-pyrrole nitrogens is 1. The van der Waals surface area contributed by atoms with E-state index in [1.165, 1.54) is 6.07 Å². The molecule has 41 heavy (non-hydrogen) atoms. The summed E-state index contributed by atoms with van der Waals surface area (Å²) in [5.41, 5.74) is 2.11. The fourth-order valence-electron chi connectivity index (χ4n) is 5.11. The van der Waals surface area contributed by atoms with Crippen LogP contribution in [-0.2, 0) is 0 Å². The van der Waals surface area contributed by atoms with Gasteiger partial charge in [0, 0.05) is 42.8 Å². The standard InChI is InChI=1S/C28H29F3N8O2/c1-3-37-8-10-38(11-9-37)18-4-7-22(32-13-18)36-25-23(27(40)39-14-28(30,31)15-39)26(34-16-33-25)41-21-6-5-20-19(24(21)29)12-17(2)35-20/h4-7,12-13,16,35H,3,8-11,14-15H2,1-2H3,(H,32,33,34,36). The second kappa shape index (κ2) is 10.5. The first kappa shape index (κ1) is 26.8. The summed E-state index contributed by atoms with van der Waals surface area (Å²) in [6, 6.07) is 8.36. The zero-order valence-electron chi connectivity index (χ0n) is 22.6. The molecule has 1 amide bonds. The van der Waals surface area contributed by atoms with Gasteiger partial charge in [-0.2, -0.15) is 0 Å². The van der Waals surface area contributed by atoms with Gasteiger partial charge in [0.15, 0.2) is 17.4 Å². The molecule has 1 aromatic carbocycles. The van der Waals surface area contributed by atoms with Gasteiger partial charge in [0.25, 0.3) is 11.8 Å². The molecule has 2 aliphatic heterocycles. The number of fused-ring (bicyclic) bond motifs is 1. The molecule has 2 fully saturated rings. The first-order valence-electron chi connectivity index (χ1n) is 13.4. The third kappa shape index (κ3) is 5.36. The number of pyridine rings is 1. The van der Waals surface area contributed by atoms with E-state index in [-0.39, 0.29) is 23.0 Å². The number of likely N-dealkylation sites (tertiary alicyclic amines) is 1. The lowest BCUT2D eigenvalue weighted by Gasteiger charge is -2.38. The Labute approximate surface area is 234 Å². The van der Waals surface area contributed by atoms with Crippen LogP contribution in [0.1, 0.15) is 23.0 Å². The topological polar surface area (TPSA) is 103 Å². The zero-order chi connectivity index (χ0) is 28.7. The van der Waals surface area contributed by atoms with Gasteiger partial charge in [-0.3, -0.25) is 4.79 Å². The highest BCUT2D eigenvalue weighted by molar-refractivity contribution is 6.02. The van der Waals surface area contributed by atoms with Gasteiger partial charge in [0.2, 0.25) is 5.88 Å². The Bertz CT molecular complexity index is 1580. The molecule has 13 heteroatoms. The first-order chi connectivity index (χ1) is 19.7. The number of benzene rings is 1. The Morgan fingerprint density at radius 3 is 2.56 bits per heavy atom. The van der Waals surface area contributed by atoms with E-state index in [9.17, 15) is 13.6 Å². The normalized spacial score (nSPS) is 17.0. The number of aromatic amines is 1. The lowest BCUT2D eigenvalue weighted by Crippen LogP contribution is -2.58. The SMILES string of the molecule is CCN1CCN(c2ccc(Nc3ncnc(Oc4ccc5[nH]c(C)cc5c4F)c3C(=O)N3CC(F)(F)C3)nc2)CC1. The predicted molar refractivity (Wildman–Crippen MR) is 148 cm³/mol. The minimum atomic E-state index is -2.98. The van der Waals surface area contributed by atoms with Crippen molar-refractivity contribution in [1.29, 1.82) is 0 Å². The van der Waals surface area contributed by atoms with Crippen molar-refractivity contribution in [2.75, 3.05) is 56.0 Å². The van der Waals surface area contributed by atoms with Crippen molar-refractivity contribution in [1.82, 2.24) is 29.7 Å². The second-order valence-electron chi connectivity index (χ2n) is 10.3. The number of piperazine rings is 1. The van der Waals surface area contributed by atoms with E-state index in [4.69, 9.17) is 4.74 Å². The molecule has 0 radical (unpaired) electrons. The number of aromatic nitrogens is 4. The van der Waals surface area contributed by atoms with Gasteiger partial charge in [0.05, 0.1) is 25.0 Å². The largest absolute Gasteiger partial charge is 0.435 e. The van der Waals surface area contributed by atoms with Crippen LogP contribution in [0.4, 0.5) is 30.5 Å². The molecule has 2 aliphatic rings. The van der Waals surface area contributed by atoms with Gasteiger partial charge < -0.3 is 29.7 Å². The van der Waals surface area contributed by atoms with Crippen LogP contribution >= 0.6 is 0 Å². The number of nitrogens with zero attached hydrogens (tertiary/aromatic N) is 6. The lowest BCUT2D eigenvalue weighted by molar-refractivity contribution is -0.113. The second-order valence-corrected chi connectivity index (χ2v) is 10.3. The smallest absolute Gasteiger partial charge is 0.282 e. The maximum absolute atomic E-state index is 15.3. The van der Waals surface area contributed by atoms with E-state index in [2.05, 4.69) is 42.0 Å². The Hall–Kier alpha value is -4.39. The summed E-state index contributed by atoms with van der Waals surface area (Å²) in [5, 5.41) is 3.30. The van der Waals surface area contributed by atoms with Crippen molar-refractivity contribution < 1.29 is 22.7 Å². The van der Waals surface area contributed by atoms with Crippen LogP contribution in [-0.4, -0.2) is 87.4 Å². The number of aryl methyl sites for hydroxylation is 1. The summed E-state index contributed by atoms with van der Waals surface area (Å²) in [7, 11) is 0. The number of alkyl halides is 2. The van der Waals surface area contributed by atoms with Crippen LogP contribution in [0.15, 0.2) is 42.9 Å². The van der Waals surface area contributed by atoms with Crippen molar-refractivity contribution in [2.45, 2.75) is 19.8 Å². The molecule has 0 spiro atoms. The van der Waals surface area contributed by atoms with Gasteiger partial charge in [0.1, 0.15) is 17.7 Å². The number of hydrogen-bond donors (Lipinski definition) is 2. The van der Waals surface area contributed by atoms with Crippen LogP contribution in [0, 0.1) is 12.7 Å². The van der Waals surface area contributed by atoms with Crippen LogP contribution < -0.4 is 15.0 Å². The molecule has 0 aliphatic carbocycles. The zero-order valence-corrected chi connectivity index (χ0v) is 22.6. The molecule has 2 N–H and O–H groups in total. The number of rotatable bonds is 7. The quantitative estimate of drug-likeness (QED) is 0.336. The summed E-state index contributed by atoms with van der Waals surface area (Å²) in [5.74, 6) is -4.45. The molecular weight excluding hydrogens is 537 g/mol. The summed E-state index contributed by atoms with van der Waals surface area (Å²) >= 11 is 0. The van der Waals surface area contributed by atoms with E-state index < -0.39 is 30.7 Å². The number of carbonyl (C=O) groups is 1. The van der Waals surface area contributed by atoms with E-state index in [0.717, 1.165) is 55.3 Å². The van der Waals surface area contributed by atoms with Crippen molar-refractivity contribution in [3.05, 3.63) is 59.9 Å². The molecule has 3 aromatic heterocycles. The highest BCUT2D eigenvalue weighted by Crippen LogP contribution is 2.36. The number of anilines is 3. The monoisotopic (exact) mass is 566 g/mol. The third-order valence-corrected chi connectivity index (χ3v) is 7.38. The Morgan fingerprint density at radius 1 is 1.10 bits per heavy atom. The molecule has 5 heterocycles. The number of halogens is 3. The van der Waals surface area contributed by atoms with Crippen molar-refractivity contribution in [3.8, 4) is 11.6 Å². The molecule has 0 saturated carbocycles. The van der Waals surface area contributed by atoms with Gasteiger partial charge in [-0.15, -0.1) is 0 Å². The molecule has 6 rings (SSSR count). The number of amides is 1. The number of hydrogen-bond acceptors (Lipinski definition) is 8. The molecule has 0 bridgehead atoms. The first-order valence-corrected chi connectivity index (χ1v) is 13.4. The Morgan fingerprint density at radius 2 is 1.88 bits per heavy atom. The fourth-order valence-corrected chi connectivity index (χ4v) is 5.11. The van der Waals surface area contributed by atoms with Crippen molar-refractivity contribution in [3.63, 3.8) is 0 Å². The highest BCUT2D eigenvalue weighted by Gasteiger charge is 2.47. The van der Waals surface area contributed by atoms with E-state index >= 15 is 4.39 Å². The summed E-state index contributed by atoms with van der Waals surface area (Å²) in [6.45, 7) is 7.18. The molecule has 214 valence electrons. The summed E-state index contributed by atoms with van der Waals surface area (Å²) < 4.78 is 48.4. The van der Waals surface area contributed by atoms with E-state index in [1.807, 2.05) is 6.07 Å². The fraction of sp³-hybridized carbons (Fsp3) is 0.357. The third-order valence-electron chi connectivity index (χ3n) is 7.38.